The molecule has 0 aromatic rings. The van der Waals surface area contributed by atoms with Crippen molar-refractivity contribution in [1.29, 1.82) is 0 Å². The molecule has 4 heterocycles. The van der Waals surface area contributed by atoms with Crippen molar-refractivity contribution in [2.24, 2.45) is 4.36 Å². The molecule has 0 N–H and O–H groups in total. The second-order valence-corrected chi connectivity index (χ2v) is 13.3. The van der Waals surface area contributed by atoms with Gasteiger partial charge in [-0.2, -0.15) is 0 Å². The van der Waals surface area contributed by atoms with Gasteiger partial charge in [0.25, 0.3) is 0 Å². The van der Waals surface area contributed by atoms with E-state index in [0.717, 1.165) is 52.9 Å². The molecule has 0 bridgehead atoms. The summed E-state index contributed by atoms with van der Waals surface area (Å²) in [6.45, 7) is 26.8. The Morgan fingerprint density at radius 3 is 0.750 bits per heavy atom. The SMILES string of the molecule is C1CCOC1.C1CCOC1.C1CCOC1.C1CCOC1.CC(C)(C)N=S([N-]C(C)(C)C)[N-]C(C)(C)C.[Br-].[Li+].[Li+].[Li+]. The van der Waals surface area contributed by atoms with Gasteiger partial charge in [0.1, 0.15) is 0 Å². The van der Waals surface area contributed by atoms with Crippen LogP contribution in [0.4, 0.5) is 0 Å². The van der Waals surface area contributed by atoms with Crippen LogP contribution < -0.4 is 73.6 Å². The molecule has 0 aliphatic carbocycles. The zero-order valence-corrected chi connectivity index (χ0v) is 31.0. The fraction of sp³-hybridized carbons (Fsp3) is 1.00. The van der Waals surface area contributed by atoms with E-state index in [9.17, 15) is 0 Å². The van der Waals surface area contributed by atoms with Crippen LogP contribution in [0.15, 0.2) is 4.36 Å². The number of rotatable bonds is 2. The molecule has 4 rings (SSSR count). The minimum Gasteiger partial charge on any atom is -1.00 e. The first-order valence-corrected chi connectivity index (χ1v) is 15.1. The van der Waals surface area contributed by atoms with Crippen LogP contribution in [0.3, 0.4) is 0 Å². The van der Waals surface area contributed by atoms with E-state index < -0.39 is 11.1 Å². The summed E-state index contributed by atoms with van der Waals surface area (Å²) < 4.78 is 33.8. The average molecular weight is 635 g/mol. The first-order chi connectivity index (χ1) is 16.8. The molecule has 4 fully saturated rings. The van der Waals surface area contributed by atoms with E-state index in [2.05, 4.69) is 76.1 Å². The van der Waals surface area contributed by atoms with E-state index in [1.54, 1.807) is 0 Å². The number of ether oxygens (including phenoxy) is 4. The van der Waals surface area contributed by atoms with Gasteiger partial charge >= 0.3 is 56.6 Å². The molecular formula is C28H59BrLi3N3O4S. The van der Waals surface area contributed by atoms with Crippen LogP contribution in [0.2, 0.25) is 0 Å². The minimum atomic E-state index is -0.558. The number of hydrogen-bond acceptors (Lipinski definition) is 5. The van der Waals surface area contributed by atoms with Gasteiger partial charge in [-0.25, -0.2) is 0 Å². The average Bonchev–Trinajstić information content (AvgIpc) is 3.59. The van der Waals surface area contributed by atoms with Gasteiger partial charge in [-0.05, 0) is 72.1 Å². The number of nitrogens with zero attached hydrogens (tertiary/aromatic N) is 3. The van der Waals surface area contributed by atoms with Crippen molar-refractivity contribution in [1.82, 2.24) is 0 Å². The molecular weight excluding hydrogens is 575 g/mol. The van der Waals surface area contributed by atoms with Crippen molar-refractivity contribution in [2.75, 3.05) is 52.9 Å². The third-order valence-corrected chi connectivity index (χ3v) is 6.51. The van der Waals surface area contributed by atoms with Crippen molar-refractivity contribution < 1.29 is 92.5 Å². The van der Waals surface area contributed by atoms with Crippen LogP contribution in [-0.2, 0) is 30.0 Å². The van der Waals surface area contributed by atoms with Gasteiger partial charge in [0.05, 0.1) is 5.54 Å². The van der Waals surface area contributed by atoms with Crippen molar-refractivity contribution >= 4 is 11.1 Å². The van der Waals surface area contributed by atoms with Crippen LogP contribution in [-0.4, -0.2) is 69.5 Å². The summed E-state index contributed by atoms with van der Waals surface area (Å²) in [6, 6.07) is 0. The molecule has 0 amide bonds. The summed E-state index contributed by atoms with van der Waals surface area (Å²) in [7, 11) is 0. The standard InChI is InChI=1S/C12H27N3S.4C4H8O.BrH.3Li/c1-10(2,3)13-16(14-11(4,5)6)15-12(7,8)9;4*1-2-4-5-3-1;;;;/h1-9H3;4*1-4H2;1H;;;/q-2;;;;;;3*+1/p-1. The Labute approximate surface area is 298 Å². The summed E-state index contributed by atoms with van der Waals surface area (Å²) in [6.07, 6.45) is 10.2. The smallest absolute Gasteiger partial charge is 1.00 e. The Hall–Kier alpha value is 2.18. The third-order valence-electron chi connectivity index (χ3n) is 4.38. The molecule has 0 aromatic heterocycles. The molecule has 0 aromatic carbocycles. The summed E-state index contributed by atoms with van der Waals surface area (Å²) in [5, 5.41) is 0. The van der Waals surface area contributed by atoms with Gasteiger partial charge in [-0.3, -0.25) is 4.36 Å². The fourth-order valence-electron chi connectivity index (χ4n) is 2.84. The Balaban J connectivity index is -0.000000140. The van der Waals surface area contributed by atoms with E-state index in [1.165, 1.54) is 51.4 Å². The normalized spacial score (nSPS) is 17.8. The molecule has 7 nitrogen and oxygen atoms in total. The maximum atomic E-state index is 4.94. The molecule has 0 unspecified atom stereocenters. The zero-order chi connectivity index (χ0) is 27.3. The summed E-state index contributed by atoms with van der Waals surface area (Å²) in [5.41, 5.74) is -0.272. The van der Waals surface area contributed by atoms with Gasteiger partial charge in [0.15, 0.2) is 0 Å². The van der Waals surface area contributed by atoms with Gasteiger partial charge in [0.2, 0.25) is 0 Å². The molecule has 4 aliphatic heterocycles. The van der Waals surface area contributed by atoms with Gasteiger partial charge < -0.3 is 56.4 Å². The first-order valence-electron chi connectivity index (χ1n) is 14.0. The molecule has 4 aliphatic rings. The quantitative estimate of drug-likeness (QED) is 0.290. The second-order valence-electron chi connectivity index (χ2n) is 12.3. The van der Waals surface area contributed by atoms with E-state index in [1.807, 2.05) is 0 Å². The molecule has 12 heteroatoms. The van der Waals surface area contributed by atoms with Crippen LogP contribution in [0.1, 0.15) is 114 Å². The zero-order valence-electron chi connectivity index (χ0n) is 28.6. The minimum absolute atomic E-state index is 0. The largest absolute Gasteiger partial charge is 1.00 e. The van der Waals surface area contributed by atoms with Crippen LogP contribution in [0.5, 0.6) is 0 Å². The molecule has 0 spiro atoms. The Morgan fingerprint density at radius 2 is 0.650 bits per heavy atom. The fourth-order valence-corrected chi connectivity index (χ4v) is 4.43. The van der Waals surface area contributed by atoms with E-state index >= 15 is 0 Å². The predicted octanol–water partition coefficient (Wildman–Crippen LogP) is -4.04. The molecule has 0 saturated carbocycles. The molecule has 0 atom stereocenters. The second kappa shape index (κ2) is 31.2. The van der Waals surface area contributed by atoms with E-state index in [0.29, 0.717) is 0 Å². The van der Waals surface area contributed by atoms with E-state index in [-0.39, 0.29) is 90.2 Å². The Bertz CT molecular complexity index is 458. The van der Waals surface area contributed by atoms with Crippen LogP contribution >= 0.6 is 0 Å². The maximum Gasteiger partial charge on any atom is 1.00 e. The topological polar surface area (TPSA) is 77.5 Å². The number of hydrogen-bond donors (Lipinski definition) is 0. The molecule has 4 saturated heterocycles. The molecule has 0 radical (unpaired) electrons. The Morgan fingerprint density at radius 1 is 0.450 bits per heavy atom. The molecule has 40 heavy (non-hydrogen) atoms. The number of halogens is 1. The third kappa shape index (κ3) is 44.6. The van der Waals surface area contributed by atoms with Crippen LogP contribution in [0.25, 0.3) is 9.44 Å². The van der Waals surface area contributed by atoms with Crippen molar-refractivity contribution in [3.8, 4) is 0 Å². The Kier molecular flexibility index (Phi) is 40.3. The summed E-state index contributed by atoms with van der Waals surface area (Å²) >= 11 is -0.558. The predicted molar refractivity (Wildman–Crippen MR) is 156 cm³/mol. The summed E-state index contributed by atoms with van der Waals surface area (Å²) in [4.78, 5) is 0. The van der Waals surface area contributed by atoms with Gasteiger partial charge in [-0.1, -0.05) is 41.5 Å². The maximum absolute atomic E-state index is 4.94. The first kappa shape index (κ1) is 51.7. The molecule has 226 valence electrons. The summed E-state index contributed by atoms with van der Waals surface area (Å²) in [5.74, 6) is 0. The van der Waals surface area contributed by atoms with Crippen LogP contribution in [0, 0.1) is 0 Å². The van der Waals surface area contributed by atoms with Gasteiger partial charge in [0, 0.05) is 52.9 Å². The van der Waals surface area contributed by atoms with Gasteiger partial charge in [-0.15, -0.1) is 11.1 Å². The van der Waals surface area contributed by atoms with Crippen molar-refractivity contribution in [3.05, 3.63) is 9.44 Å². The van der Waals surface area contributed by atoms with E-state index in [4.69, 9.17) is 18.9 Å². The van der Waals surface area contributed by atoms with Crippen molar-refractivity contribution in [3.63, 3.8) is 0 Å². The van der Waals surface area contributed by atoms with Crippen molar-refractivity contribution in [2.45, 2.75) is 130 Å². The monoisotopic (exact) mass is 633 g/mol.